The molecule has 10 heavy (non-hydrogen) atoms. The Kier molecular flexibility index (Phi) is 3.66. The minimum atomic E-state index is 0.266. The lowest BCUT2D eigenvalue weighted by molar-refractivity contribution is 0.294. The molecule has 60 valence electrons. The fourth-order valence-corrected chi connectivity index (χ4v) is 4.21. The summed E-state index contributed by atoms with van der Waals surface area (Å²) >= 11 is 0. The molecule has 0 radical (unpaired) electrons. The van der Waals surface area contributed by atoms with Gasteiger partial charge >= 0.3 is 0 Å². The van der Waals surface area contributed by atoms with Crippen LogP contribution in [0.1, 0.15) is 32.1 Å². The zero-order valence-corrected chi connectivity index (χ0v) is 10.7. The van der Waals surface area contributed by atoms with Crippen molar-refractivity contribution in [2.75, 3.05) is 7.05 Å². The molecule has 0 aromatic heterocycles. The molecule has 0 aromatic rings. The molecule has 1 aliphatic rings. The maximum Gasteiger partial charge on any atom is 0.0756 e. The molecule has 0 aromatic carbocycles. The summed E-state index contributed by atoms with van der Waals surface area (Å²) in [6.45, 7) is 0. The van der Waals surface area contributed by atoms with Gasteiger partial charge in [0.15, 0.2) is 0 Å². The summed E-state index contributed by atoms with van der Waals surface area (Å²) in [7, 11) is 4.08. The summed E-state index contributed by atoms with van der Waals surface area (Å²) < 4.78 is 2.69. The van der Waals surface area contributed by atoms with E-state index in [0.29, 0.717) is 0 Å². The zero-order chi connectivity index (χ0) is 7.40. The average Bonchev–Trinajstić information content (AvgIpc) is 2.05. The smallest absolute Gasteiger partial charge is 0.0756 e. The van der Waals surface area contributed by atoms with Crippen molar-refractivity contribution < 1.29 is 0 Å². The Balaban J connectivity index is 2.24. The highest BCUT2D eigenvalue weighted by atomic mass is 29.1. The van der Waals surface area contributed by atoms with E-state index in [-0.39, 0.29) is 9.20 Å². The normalized spacial score (nSPS) is 23.4. The van der Waals surface area contributed by atoms with Gasteiger partial charge in [0.05, 0.1) is 9.20 Å². The topological polar surface area (TPSA) is 3.24 Å². The van der Waals surface area contributed by atoms with Gasteiger partial charge in [0.25, 0.3) is 0 Å². The average molecular weight is 173 g/mol. The highest BCUT2D eigenvalue weighted by Crippen LogP contribution is 2.20. The Hall–Kier alpha value is 0.394. The lowest BCUT2D eigenvalue weighted by Crippen LogP contribution is -2.36. The standard InChI is InChI=1S/C7H19NSi2/c1-8(10-9)7-5-3-2-4-6-7/h7H,2-6,10H2,1,9H3. The molecule has 0 saturated heterocycles. The van der Waals surface area contributed by atoms with Crippen LogP contribution in [0.3, 0.4) is 0 Å². The number of hydrogen-bond donors (Lipinski definition) is 0. The van der Waals surface area contributed by atoms with Crippen LogP contribution in [-0.2, 0) is 0 Å². The van der Waals surface area contributed by atoms with Crippen LogP contribution in [0.2, 0.25) is 0 Å². The van der Waals surface area contributed by atoms with Gasteiger partial charge in [-0.15, -0.1) is 0 Å². The molecule has 1 rings (SSSR count). The third-order valence-electron chi connectivity index (χ3n) is 2.70. The fraction of sp³-hybridized carbons (Fsp3) is 1.00. The van der Waals surface area contributed by atoms with Crippen molar-refractivity contribution in [1.29, 1.82) is 0 Å². The minimum absolute atomic E-state index is 0.266. The summed E-state index contributed by atoms with van der Waals surface area (Å²) in [6.07, 6.45) is 7.46. The summed E-state index contributed by atoms with van der Waals surface area (Å²) in [5.74, 6) is 0. The Morgan fingerprint density at radius 1 is 1.30 bits per heavy atom. The minimum Gasteiger partial charge on any atom is -0.332 e. The van der Waals surface area contributed by atoms with E-state index in [1.165, 1.54) is 41.9 Å². The lowest BCUT2D eigenvalue weighted by Gasteiger charge is -2.30. The molecular formula is C7H19NSi2. The van der Waals surface area contributed by atoms with Crippen molar-refractivity contribution in [2.45, 2.75) is 38.1 Å². The van der Waals surface area contributed by atoms with Crippen LogP contribution in [-0.4, -0.2) is 36.6 Å². The molecule has 0 amide bonds. The summed E-state index contributed by atoms with van der Waals surface area (Å²) in [4.78, 5) is 0. The van der Waals surface area contributed by atoms with Crippen LogP contribution in [0, 0.1) is 0 Å². The molecule has 0 heterocycles. The first kappa shape index (κ1) is 8.49. The van der Waals surface area contributed by atoms with E-state index >= 15 is 0 Å². The molecule has 1 nitrogen and oxygen atoms in total. The number of rotatable bonds is 2. The molecule has 0 atom stereocenters. The third kappa shape index (κ3) is 2.21. The SMILES string of the molecule is CN([SiH2][SiH3])C1CCCCC1. The monoisotopic (exact) mass is 173 g/mol. The molecule has 1 saturated carbocycles. The zero-order valence-electron chi connectivity index (χ0n) is 7.27. The van der Waals surface area contributed by atoms with Crippen LogP contribution in [0.5, 0.6) is 0 Å². The van der Waals surface area contributed by atoms with E-state index in [2.05, 4.69) is 11.6 Å². The van der Waals surface area contributed by atoms with Gasteiger partial charge in [0.2, 0.25) is 0 Å². The van der Waals surface area contributed by atoms with Gasteiger partial charge in [0.1, 0.15) is 0 Å². The molecule has 0 unspecified atom stereocenters. The summed E-state index contributed by atoms with van der Waals surface area (Å²) in [5.41, 5.74) is 0. The Morgan fingerprint density at radius 2 is 1.90 bits per heavy atom. The van der Waals surface area contributed by atoms with Gasteiger partial charge in [-0.3, -0.25) is 0 Å². The molecule has 0 spiro atoms. The first-order valence-corrected chi connectivity index (χ1v) is 10.8. The maximum atomic E-state index is 2.69. The van der Waals surface area contributed by atoms with E-state index in [1.807, 2.05) is 0 Å². The predicted molar refractivity (Wildman–Crippen MR) is 53.1 cm³/mol. The van der Waals surface area contributed by atoms with E-state index in [0.717, 1.165) is 6.04 Å². The lowest BCUT2D eigenvalue weighted by atomic mass is 9.96. The van der Waals surface area contributed by atoms with Crippen LogP contribution in [0.15, 0.2) is 0 Å². The summed E-state index contributed by atoms with van der Waals surface area (Å²) in [6, 6.07) is 0.998. The maximum absolute atomic E-state index is 2.69. The first-order chi connectivity index (χ1) is 4.84. The largest absolute Gasteiger partial charge is 0.332 e. The second kappa shape index (κ2) is 4.31. The van der Waals surface area contributed by atoms with Gasteiger partial charge in [-0.2, -0.15) is 0 Å². The quantitative estimate of drug-likeness (QED) is 0.515. The van der Waals surface area contributed by atoms with Crippen molar-refractivity contribution in [3.63, 3.8) is 0 Å². The molecule has 1 aliphatic carbocycles. The highest BCUT2D eigenvalue weighted by Gasteiger charge is 2.15. The second-order valence-corrected chi connectivity index (χ2v) is 6.89. The molecule has 0 bridgehead atoms. The Bertz CT molecular complexity index is 91.6. The number of hydrogen-bond acceptors (Lipinski definition) is 1. The van der Waals surface area contributed by atoms with E-state index in [1.54, 1.807) is 0 Å². The Labute approximate surface area is 69.3 Å². The molecule has 1 fully saturated rings. The van der Waals surface area contributed by atoms with Crippen LogP contribution in [0.4, 0.5) is 0 Å². The Morgan fingerprint density at radius 3 is 2.40 bits per heavy atom. The van der Waals surface area contributed by atoms with Crippen molar-refractivity contribution in [3.05, 3.63) is 0 Å². The van der Waals surface area contributed by atoms with Crippen molar-refractivity contribution in [3.8, 4) is 0 Å². The van der Waals surface area contributed by atoms with Gasteiger partial charge in [-0.1, -0.05) is 19.3 Å². The van der Waals surface area contributed by atoms with E-state index in [4.69, 9.17) is 0 Å². The van der Waals surface area contributed by atoms with Crippen LogP contribution < -0.4 is 0 Å². The third-order valence-corrected chi connectivity index (χ3v) is 7.20. The molecule has 3 heteroatoms. The predicted octanol–water partition coefficient (Wildman–Crippen LogP) is -0.385. The summed E-state index contributed by atoms with van der Waals surface area (Å²) in [5, 5.41) is 0. The fourth-order valence-electron chi connectivity index (χ4n) is 1.78. The van der Waals surface area contributed by atoms with Crippen molar-refractivity contribution in [2.24, 2.45) is 0 Å². The number of nitrogens with zero attached hydrogens (tertiary/aromatic N) is 1. The first-order valence-electron chi connectivity index (χ1n) is 4.55. The van der Waals surface area contributed by atoms with Crippen molar-refractivity contribution >= 4 is 19.0 Å². The van der Waals surface area contributed by atoms with E-state index < -0.39 is 0 Å². The van der Waals surface area contributed by atoms with Crippen molar-refractivity contribution in [1.82, 2.24) is 4.57 Å². The van der Waals surface area contributed by atoms with Gasteiger partial charge in [-0.25, -0.2) is 0 Å². The molecule has 0 N–H and O–H groups in total. The molecule has 0 aliphatic heterocycles. The molecular weight excluding hydrogens is 154 g/mol. The van der Waals surface area contributed by atoms with Crippen LogP contribution >= 0.6 is 0 Å². The second-order valence-electron chi connectivity index (χ2n) is 3.37. The van der Waals surface area contributed by atoms with Gasteiger partial charge in [0, 0.05) is 15.8 Å². The van der Waals surface area contributed by atoms with E-state index in [9.17, 15) is 0 Å². The van der Waals surface area contributed by atoms with Crippen LogP contribution in [0.25, 0.3) is 0 Å². The highest BCUT2D eigenvalue weighted by molar-refractivity contribution is 6.87. The van der Waals surface area contributed by atoms with Gasteiger partial charge < -0.3 is 4.57 Å². The van der Waals surface area contributed by atoms with Gasteiger partial charge in [-0.05, 0) is 19.9 Å².